The number of benzene rings is 3. The van der Waals surface area contributed by atoms with Crippen LogP contribution in [0.25, 0.3) is 33.2 Å². The fourth-order valence-corrected chi connectivity index (χ4v) is 4.56. The first-order chi connectivity index (χ1) is 16.7. The monoisotopic (exact) mass is 467 g/mol. The molecule has 0 saturated heterocycles. The lowest BCUT2D eigenvalue weighted by molar-refractivity contribution is 0.0698. The lowest BCUT2D eigenvalue weighted by atomic mass is 9.98. The molecule has 0 aliphatic carbocycles. The Hall–Kier alpha value is -4.39. The summed E-state index contributed by atoms with van der Waals surface area (Å²) >= 11 is 0. The van der Waals surface area contributed by atoms with Crippen LogP contribution in [-0.2, 0) is 7.05 Å². The minimum Gasteiger partial charge on any atom is -0.478 e. The average molecular weight is 468 g/mol. The van der Waals surface area contributed by atoms with Crippen LogP contribution in [0.15, 0.2) is 70.0 Å². The third-order valence-electron chi connectivity index (χ3n) is 6.40. The molecule has 0 aliphatic heterocycles. The Bertz CT molecular complexity index is 1680. The van der Waals surface area contributed by atoms with Crippen molar-refractivity contribution in [1.29, 1.82) is 0 Å². The van der Waals surface area contributed by atoms with Crippen LogP contribution < -0.4 is 10.7 Å². The van der Waals surface area contributed by atoms with E-state index >= 15 is 0 Å². The number of carboxylic acids is 1. The van der Waals surface area contributed by atoms with Crippen LogP contribution in [0.1, 0.15) is 40.0 Å². The smallest absolute Gasteiger partial charge is 0.337 e. The third kappa shape index (κ3) is 3.85. The number of para-hydroxylation sites is 1. The van der Waals surface area contributed by atoms with Gasteiger partial charge in [-0.15, -0.1) is 0 Å². The molecule has 2 heterocycles. The van der Waals surface area contributed by atoms with Crippen molar-refractivity contribution in [1.82, 2.24) is 9.78 Å². The summed E-state index contributed by atoms with van der Waals surface area (Å²) < 4.78 is 8.25. The summed E-state index contributed by atoms with van der Waals surface area (Å²) in [7, 11) is 1.87. The lowest BCUT2D eigenvalue weighted by Crippen LogP contribution is -2.14. The van der Waals surface area contributed by atoms with Gasteiger partial charge in [0.05, 0.1) is 28.7 Å². The van der Waals surface area contributed by atoms with E-state index in [1.807, 2.05) is 51.2 Å². The number of nitrogens with zero attached hydrogens (tertiary/aromatic N) is 2. The molecule has 0 bridgehead atoms. The van der Waals surface area contributed by atoms with E-state index in [1.165, 1.54) is 0 Å². The zero-order valence-corrected chi connectivity index (χ0v) is 19.9. The summed E-state index contributed by atoms with van der Waals surface area (Å²) in [6.45, 7) is 5.63. The van der Waals surface area contributed by atoms with Crippen LogP contribution in [0.2, 0.25) is 0 Å². The summed E-state index contributed by atoms with van der Waals surface area (Å²) in [5.41, 5.74) is 5.04. The molecule has 0 radical (unpaired) electrons. The van der Waals surface area contributed by atoms with Crippen molar-refractivity contribution in [3.05, 3.63) is 93.3 Å². The van der Waals surface area contributed by atoms with Crippen molar-refractivity contribution < 1.29 is 14.3 Å². The first-order valence-corrected chi connectivity index (χ1v) is 11.3. The zero-order chi connectivity index (χ0) is 24.9. The topological polar surface area (TPSA) is 97.4 Å². The molecule has 0 aliphatic rings. The quantitative estimate of drug-likeness (QED) is 0.337. The van der Waals surface area contributed by atoms with Crippen molar-refractivity contribution in [3.63, 3.8) is 0 Å². The number of rotatable bonds is 5. The standard InChI is InChI=1S/C28H25N3O4/c1-15-11-21(17(3)30-23-8-6-5-7-20(23)28(33)34)27-22(12-15)25(32)16(2)26(35-27)18-9-10-19-14-29-31(4)24(19)13-18/h5-14,17,30H,1-4H3,(H,33,34). The molecule has 0 fully saturated rings. The van der Waals surface area contributed by atoms with Gasteiger partial charge in [-0.3, -0.25) is 9.48 Å². The van der Waals surface area contributed by atoms with Gasteiger partial charge >= 0.3 is 5.97 Å². The molecule has 176 valence electrons. The number of hydrogen-bond acceptors (Lipinski definition) is 5. The Morgan fingerprint density at radius 3 is 2.66 bits per heavy atom. The molecule has 3 aromatic carbocycles. The predicted molar refractivity (Wildman–Crippen MR) is 137 cm³/mol. The van der Waals surface area contributed by atoms with Gasteiger partial charge < -0.3 is 14.8 Å². The van der Waals surface area contributed by atoms with Crippen molar-refractivity contribution in [2.24, 2.45) is 7.05 Å². The molecule has 5 aromatic rings. The van der Waals surface area contributed by atoms with Gasteiger partial charge in [0, 0.05) is 34.8 Å². The van der Waals surface area contributed by atoms with Crippen molar-refractivity contribution in [2.45, 2.75) is 26.8 Å². The van der Waals surface area contributed by atoms with E-state index in [9.17, 15) is 14.7 Å². The second-order valence-corrected chi connectivity index (χ2v) is 8.87. The van der Waals surface area contributed by atoms with Gasteiger partial charge in [-0.25, -0.2) is 4.79 Å². The number of anilines is 1. The van der Waals surface area contributed by atoms with E-state index in [0.717, 1.165) is 27.6 Å². The van der Waals surface area contributed by atoms with E-state index in [1.54, 1.807) is 42.1 Å². The second-order valence-electron chi connectivity index (χ2n) is 8.87. The van der Waals surface area contributed by atoms with Gasteiger partial charge in [-0.05, 0) is 50.6 Å². The molecule has 5 rings (SSSR count). The normalized spacial score (nSPS) is 12.2. The van der Waals surface area contributed by atoms with Crippen molar-refractivity contribution in [3.8, 4) is 11.3 Å². The van der Waals surface area contributed by atoms with Crippen LogP contribution >= 0.6 is 0 Å². The van der Waals surface area contributed by atoms with E-state index in [-0.39, 0.29) is 17.0 Å². The Morgan fingerprint density at radius 2 is 1.89 bits per heavy atom. The van der Waals surface area contributed by atoms with Gasteiger partial charge in [-0.1, -0.05) is 30.3 Å². The van der Waals surface area contributed by atoms with Crippen LogP contribution in [0.4, 0.5) is 5.69 Å². The highest BCUT2D eigenvalue weighted by atomic mass is 16.4. The number of nitrogens with one attached hydrogen (secondary N) is 1. The minimum atomic E-state index is -1.01. The molecule has 35 heavy (non-hydrogen) atoms. The summed E-state index contributed by atoms with van der Waals surface area (Å²) in [6, 6.07) is 16.1. The highest BCUT2D eigenvalue weighted by Crippen LogP contribution is 2.33. The number of fused-ring (bicyclic) bond motifs is 2. The molecule has 0 saturated carbocycles. The Kier molecular flexibility index (Phi) is 5.40. The number of hydrogen-bond donors (Lipinski definition) is 2. The van der Waals surface area contributed by atoms with Gasteiger partial charge in [-0.2, -0.15) is 5.10 Å². The molecule has 0 amide bonds. The predicted octanol–water partition coefficient (Wildman–Crippen LogP) is 5.83. The van der Waals surface area contributed by atoms with E-state index in [2.05, 4.69) is 10.4 Å². The number of aromatic nitrogens is 2. The van der Waals surface area contributed by atoms with Gasteiger partial charge in [0.15, 0.2) is 5.43 Å². The van der Waals surface area contributed by atoms with Crippen LogP contribution in [0.5, 0.6) is 0 Å². The maximum absolute atomic E-state index is 13.5. The molecule has 7 nitrogen and oxygen atoms in total. The second kappa shape index (κ2) is 8.43. The maximum atomic E-state index is 13.5. The highest BCUT2D eigenvalue weighted by molar-refractivity contribution is 5.94. The fraction of sp³-hybridized carbons (Fsp3) is 0.179. The molecule has 0 spiro atoms. The van der Waals surface area contributed by atoms with Gasteiger partial charge in [0.25, 0.3) is 0 Å². The Morgan fingerprint density at radius 1 is 1.11 bits per heavy atom. The zero-order valence-electron chi connectivity index (χ0n) is 19.9. The largest absolute Gasteiger partial charge is 0.478 e. The summed E-state index contributed by atoms with van der Waals surface area (Å²) in [4.78, 5) is 25.1. The van der Waals surface area contributed by atoms with E-state index in [4.69, 9.17) is 4.42 Å². The summed E-state index contributed by atoms with van der Waals surface area (Å²) in [6.07, 6.45) is 1.80. The molecule has 2 aromatic heterocycles. The molecule has 7 heteroatoms. The van der Waals surface area contributed by atoms with Gasteiger partial charge in [0.2, 0.25) is 0 Å². The van der Waals surface area contributed by atoms with Crippen molar-refractivity contribution >= 4 is 33.5 Å². The lowest BCUT2D eigenvalue weighted by Gasteiger charge is -2.20. The van der Waals surface area contributed by atoms with E-state index in [0.29, 0.717) is 28.0 Å². The molecule has 2 N–H and O–H groups in total. The first-order valence-electron chi connectivity index (χ1n) is 11.3. The van der Waals surface area contributed by atoms with Crippen LogP contribution in [0.3, 0.4) is 0 Å². The number of carbonyl (C=O) groups is 1. The Labute approximate surface area is 201 Å². The minimum absolute atomic E-state index is 0.0885. The third-order valence-corrected chi connectivity index (χ3v) is 6.40. The van der Waals surface area contributed by atoms with Crippen LogP contribution in [0, 0.1) is 13.8 Å². The number of carboxylic acid groups (broad SMARTS) is 1. The number of aryl methyl sites for hydroxylation is 2. The molecule has 1 atom stereocenters. The first kappa shape index (κ1) is 22.4. The number of aromatic carboxylic acids is 1. The van der Waals surface area contributed by atoms with Crippen molar-refractivity contribution in [2.75, 3.05) is 5.32 Å². The highest BCUT2D eigenvalue weighted by Gasteiger charge is 2.20. The fourth-order valence-electron chi connectivity index (χ4n) is 4.56. The molecular formula is C28H25N3O4. The molecular weight excluding hydrogens is 442 g/mol. The van der Waals surface area contributed by atoms with E-state index < -0.39 is 5.97 Å². The SMILES string of the molecule is Cc1cc(C(C)Nc2ccccc2C(=O)O)c2oc(-c3ccc4cnn(C)c4c3)c(C)c(=O)c2c1. The van der Waals surface area contributed by atoms with Gasteiger partial charge in [0.1, 0.15) is 11.3 Å². The Balaban J connectivity index is 1.69. The summed E-state index contributed by atoms with van der Waals surface area (Å²) in [5.74, 6) is -0.502. The molecule has 1 unspecified atom stereocenters. The maximum Gasteiger partial charge on any atom is 0.337 e. The van der Waals surface area contributed by atoms with Crippen LogP contribution in [-0.4, -0.2) is 20.9 Å². The summed E-state index contributed by atoms with van der Waals surface area (Å²) in [5, 5.41) is 18.7. The average Bonchev–Trinajstić information content (AvgIpc) is 3.21.